The maximum Gasteiger partial charge on any atom is 0.358 e. The van der Waals surface area contributed by atoms with Crippen LogP contribution in [0.3, 0.4) is 0 Å². The van der Waals surface area contributed by atoms with Gasteiger partial charge in [-0.25, -0.2) is 4.79 Å². The van der Waals surface area contributed by atoms with E-state index >= 15 is 0 Å². The summed E-state index contributed by atoms with van der Waals surface area (Å²) in [6, 6.07) is 8.27. The van der Waals surface area contributed by atoms with E-state index in [9.17, 15) is 14.4 Å². The zero-order valence-electron chi connectivity index (χ0n) is 18.3. The van der Waals surface area contributed by atoms with Gasteiger partial charge in [0.15, 0.2) is 5.69 Å². The molecule has 1 atom stereocenters. The third kappa shape index (κ3) is 4.11. The standard InChI is InChI=1S/C23H27ClN4O4/c1-23(22(31)25-16-7-5-3-4-6-8-16)14-27-19(13-18(26-27)21(30)32-2)20(29)28(23)17-11-9-15(24)10-12-17/h9-13,16H,3-8,14H2,1-2H3,(H,25,31)/t23-/m0/s1. The molecule has 2 amide bonds. The third-order valence-electron chi connectivity index (χ3n) is 6.31. The van der Waals surface area contributed by atoms with Crippen molar-refractivity contribution in [2.45, 2.75) is 63.6 Å². The molecule has 1 aliphatic heterocycles. The van der Waals surface area contributed by atoms with Crippen LogP contribution in [0.5, 0.6) is 0 Å². The lowest BCUT2D eigenvalue weighted by atomic mass is 9.93. The average molecular weight is 459 g/mol. The van der Waals surface area contributed by atoms with Crippen molar-refractivity contribution in [3.8, 4) is 0 Å². The average Bonchev–Trinajstić information content (AvgIpc) is 3.03. The van der Waals surface area contributed by atoms with E-state index in [1.807, 2.05) is 0 Å². The molecule has 9 heteroatoms. The van der Waals surface area contributed by atoms with Crippen molar-refractivity contribution in [1.29, 1.82) is 0 Å². The van der Waals surface area contributed by atoms with Gasteiger partial charge in [-0.1, -0.05) is 37.3 Å². The molecule has 2 aromatic rings. The summed E-state index contributed by atoms with van der Waals surface area (Å²) in [5.74, 6) is -1.30. The van der Waals surface area contributed by atoms with Gasteiger partial charge in [0, 0.05) is 22.8 Å². The van der Waals surface area contributed by atoms with Gasteiger partial charge in [-0.3, -0.25) is 19.2 Å². The van der Waals surface area contributed by atoms with Crippen LogP contribution >= 0.6 is 11.6 Å². The molecule has 4 rings (SSSR count). The first-order valence-electron chi connectivity index (χ1n) is 10.9. The Morgan fingerprint density at radius 3 is 2.44 bits per heavy atom. The number of anilines is 1. The number of esters is 1. The highest BCUT2D eigenvalue weighted by Crippen LogP contribution is 2.34. The highest BCUT2D eigenvalue weighted by atomic mass is 35.5. The molecule has 8 nitrogen and oxygen atoms in total. The number of nitrogens with one attached hydrogen (secondary N) is 1. The van der Waals surface area contributed by atoms with Crippen molar-refractivity contribution in [2.24, 2.45) is 0 Å². The van der Waals surface area contributed by atoms with Crippen molar-refractivity contribution >= 4 is 35.1 Å². The fourth-order valence-electron chi connectivity index (χ4n) is 4.55. The fraction of sp³-hybridized carbons (Fsp3) is 0.478. The normalized spacial score (nSPS) is 21.6. The minimum atomic E-state index is -1.25. The van der Waals surface area contributed by atoms with E-state index in [0.29, 0.717) is 10.7 Å². The SMILES string of the molecule is COC(=O)c1cc2n(n1)C[C@@](C)(C(=O)NC1CCCCCC1)N(c1ccc(Cl)cc1)C2=O. The van der Waals surface area contributed by atoms with Crippen LogP contribution in [0.1, 0.15) is 66.4 Å². The second kappa shape index (κ2) is 8.94. The maximum atomic E-state index is 13.6. The number of carbonyl (C=O) groups is 3. The number of methoxy groups -OCH3 is 1. The molecule has 2 heterocycles. The van der Waals surface area contributed by atoms with Gasteiger partial charge in [0.05, 0.1) is 13.7 Å². The minimum absolute atomic E-state index is 0.0281. The van der Waals surface area contributed by atoms with Crippen LogP contribution < -0.4 is 10.2 Å². The van der Waals surface area contributed by atoms with E-state index < -0.39 is 17.4 Å². The summed E-state index contributed by atoms with van der Waals surface area (Å²) in [5.41, 5.74) is -0.450. The van der Waals surface area contributed by atoms with E-state index in [2.05, 4.69) is 10.4 Å². The van der Waals surface area contributed by atoms with Gasteiger partial charge in [-0.05, 0) is 44.0 Å². The predicted molar refractivity (Wildman–Crippen MR) is 120 cm³/mol. The van der Waals surface area contributed by atoms with Crippen molar-refractivity contribution in [3.05, 3.63) is 46.7 Å². The summed E-state index contributed by atoms with van der Waals surface area (Å²) in [7, 11) is 1.26. The molecule has 1 saturated carbocycles. The molecule has 0 unspecified atom stereocenters. The van der Waals surface area contributed by atoms with Crippen LogP contribution in [0.25, 0.3) is 0 Å². The highest BCUT2D eigenvalue weighted by molar-refractivity contribution is 6.30. The van der Waals surface area contributed by atoms with E-state index in [0.717, 1.165) is 25.7 Å². The third-order valence-corrected chi connectivity index (χ3v) is 6.56. The summed E-state index contributed by atoms with van der Waals surface area (Å²) < 4.78 is 6.18. The molecule has 1 aliphatic carbocycles. The van der Waals surface area contributed by atoms with Gasteiger partial charge >= 0.3 is 5.97 Å². The zero-order valence-corrected chi connectivity index (χ0v) is 19.0. The fourth-order valence-corrected chi connectivity index (χ4v) is 4.67. The number of nitrogens with zero attached hydrogens (tertiary/aromatic N) is 3. The van der Waals surface area contributed by atoms with Crippen LogP contribution in [-0.4, -0.2) is 46.3 Å². The number of aromatic nitrogens is 2. The van der Waals surface area contributed by atoms with Gasteiger partial charge in [-0.2, -0.15) is 5.10 Å². The van der Waals surface area contributed by atoms with Gasteiger partial charge in [-0.15, -0.1) is 0 Å². The lowest BCUT2D eigenvalue weighted by Gasteiger charge is -2.43. The molecule has 1 aromatic carbocycles. The number of halogens is 1. The molecular weight excluding hydrogens is 432 g/mol. The number of rotatable bonds is 4. The maximum absolute atomic E-state index is 13.6. The van der Waals surface area contributed by atoms with Crippen molar-refractivity contribution in [3.63, 3.8) is 0 Å². The predicted octanol–water partition coefficient (Wildman–Crippen LogP) is 3.58. The second-order valence-electron chi connectivity index (χ2n) is 8.62. The van der Waals surface area contributed by atoms with Gasteiger partial charge in [0.2, 0.25) is 5.91 Å². The molecule has 0 radical (unpaired) electrons. The quantitative estimate of drug-likeness (QED) is 0.558. The molecule has 2 aliphatic rings. The lowest BCUT2D eigenvalue weighted by Crippen LogP contribution is -2.65. The highest BCUT2D eigenvalue weighted by Gasteiger charge is 2.49. The molecule has 0 saturated heterocycles. The number of fused-ring (bicyclic) bond motifs is 1. The van der Waals surface area contributed by atoms with E-state index in [4.69, 9.17) is 16.3 Å². The van der Waals surface area contributed by atoms with Crippen LogP contribution in [-0.2, 0) is 16.1 Å². The summed E-state index contributed by atoms with van der Waals surface area (Å²) in [6.07, 6.45) is 6.35. The van der Waals surface area contributed by atoms with Gasteiger partial charge in [0.1, 0.15) is 11.2 Å². The van der Waals surface area contributed by atoms with Crippen molar-refractivity contribution in [1.82, 2.24) is 15.1 Å². The molecule has 170 valence electrons. The number of amides is 2. The summed E-state index contributed by atoms with van der Waals surface area (Å²) in [4.78, 5) is 40.7. The topological polar surface area (TPSA) is 93.5 Å². The first kappa shape index (κ1) is 22.3. The van der Waals surface area contributed by atoms with E-state index in [1.165, 1.54) is 35.6 Å². The Balaban J connectivity index is 1.73. The monoisotopic (exact) mass is 458 g/mol. The Bertz CT molecular complexity index is 1030. The van der Waals surface area contributed by atoms with Crippen molar-refractivity contribution in [2.75, 3.05) is 12.0 Å². The Morgan fingerprint density at radius 2 is 1.81 bits per heavy atom. The molecule has 1 N–H and O–H groups in total. The zero-order chi connectivity index (χ0) is 22.9. The summed E-state index contributed by atoms with van der Waals surface area (Å²) >= 11 is 6.05. The number of benzene rings is 1. The largest absolute Gasteiger partial charge is 0.464 e. The Morgan fingerprint density at radius 1 is 1.16 bits per heavy atom. The summed E-state index contributed by atoms with van der Waals surface area (Å²) in [6.45, 7) is 1.83. The van der Waals surface area contributed by atoms with Gasteiger partial charge < -0.3 is 10.1 Å². The first-order valence-corrected chi connectivity index (χ1v) is 11.3. The Kier molecular flexibility index (Phi) is 6.24. The van der Waals surface area contributed by atoms with E-state index in [1.54, 1.807) is 31.2 Å². The lowest BCUT2D eigenvalue weighted by molar-refractivity contribution is -0.127. The van der Waals surface area contributed by atoms with Crippen LogP contribution in [0.4, 0.5) is 5.69 Å². The molecule has 1 fully saturated rings. The summed E-state index contributed by atoms with van der Waals surface area (Å²) in [5, 5.41) is 7.96. The smallest absolute Gasteiger partial charge is 0.358 e. The minimum Gasteiger partial charge on any atom is -0.464 e. The van der Waals surface area contributed by atoms with Crippen LogP contribution in [0.15, 0.2) is 30.3 Å². The number of hydrogen-bond donors (Lipinski definition) is 1. The second-order valence-corrected chi connectivity index (χ2v) is 9.05. The molecule has 0 bridgehead atoms. The van der Waals surface area contributed by atoms with Crippen LogP contribution in [0.2, 0.25) is 5.02 Å². The Labute approximate surface area is 191 Å². The van der Waals surface area contributed by atoms with Gasteiger partial charge in [0.25, 0.3) is 5.91 Å². The number of carbonyl (C=O) groups excluding carboxylic acids is 3. The molecule has 32 heavy (non-hydrogen) atoms. The molecular formula is C23H27ClN4O4. The first-order chi connectivity index (χ1) is 15.3. The number of hydrogen-bond acceptors (Lipinski definition) is 5. The number of ether oxygens (including phenoxy) is 1. The molecule has 0 spiro atoms. The van der Waals surface area contributed by atoms with Crippen molar-refractivity contribution < 1.29 is 19.1 Å². The Hall–Kier alpha value is -2.87. The van der Waals surface area contributed by atoms with Crippen LogP contribution in [0, 0.1) is 0 Å². The van der Waals surface area contributed by atoms with E-state index in [-0.39, 0.29) is 29.9 Å². The molecule has 1 aromatic heterocycles.